The number of pyridine rings is 3. The van der Waals surface area contributed by atoms with E-state index in [9.17, 15) is 21.6 Å². The Labute approximate surface area is 227 Å². The van der Waals surface area contributed by atoms with Gasteiger partial charge in [0.25, 0.3) is 0 Å². The number of nitrogens with two attached hydrogens (primary N) is 2. The van der Waals surface area contributed by atoms with Crippen molar-refractivity contribution in [1.29, 1.82) is 0 Å². The first-order valence-corrected chi connectivity index (χ1v) is 15.0. The van der Waals surface area contributed by atoms with Gasteiger partial charge in [0.2, 0.25) is 25.9 Å². The van der Waals surface area contributed by atoms with Crippen molar-refractivity contribution in [2.75, 3.05) is 19.0 Å². The molecule has 4 aromatic heterocycles. The molecule has 17 heteroatoms. The van der Waals surface area contributed by atoms with Gasteiger partial charge in [-0.05, 0) is 19.1 Å². The van der Waals surface area contributed by atoms with Gasteiger partial charge in [0.15, 0.2) is 5.82 Å². The van der Waals surface area contributed by atoms with E-state index in [2.05, 4.69) is 30.6 Å². The number of thiazole rings is 1. The van der Waals surface area contributed by atoms with Gasteiger partial charge in [-0.15, -0.1) is 11.3 Å². The lowest BCUT2D eigenvalue weighted by molar-refractivity contribution is 0.252. The topological polar surface area (TPSA) is 222 Å². The third-order valence-electron chi connectivity index (χ3n) is 5.15. The summed E-state index contributed by atoms with van der Waals surface area (Å²) in [6.07, 6.45) is 3.60. The van der Waals surface area contributed by atoms with Crippen LogP contribution in [0.25, 0.3) is 33.1 Å². The molecule has 4 rings (SSSR count). The van der Waals surface area contributed by atoms with E-state index in [-0.39, 0.29) is 39.0 Å². The Balaban J connectivity index is 2.02. The predicted octanol–water partition coefficient (Wildman–Crippen LogP) is 1.77. The molecular formula is C22H22N8O6S3. The molecule has 204 valence electrons. The zero-order chi connectivity index (χ0) is 28.4. The van der Waals surface area contributed by atoms with Crippen LogP contribution in [0.5, 0.6) is 5.88 Å². The molecule has 0 spiro atoms. The van der Waals surface area contributed by atoms with Gasteiger partial charge in [-0.3, -0.25) is 10.3 Å². The van der Waals surface area contributed by atoms with E-state index in [1.54, 1.807) is 30.5 Å². The summed E-state index contributed by atoms with van der Waals surface area (Å²) in [6, 6.07) is 5.56. The molecule has 39 heavy (non-hydrogen) atoms. The van der Waals surface area contributed by atoms with Gasteiger partial charge in [0, 0.05) is 53.3 Å². The number of ether oxygens (including phenoxy) is 1. The molecule has 2 amide bonds. The first-order valence-electron chi connectivity index (χ1n) is 11.0. The number of rotatable bonds is 8. The SMILES string of the molecule is CCNC(=O)Nc1ncc(-c2cncc(S(N)(=O)=O)c2)c(-c2nc(-c3cccc(OC)n3)cs2)c1S(N)(=O)=O. The van der Waals surface area contributed by atoms with Gasteiger partial charge in [0.1, 0.15) is 20.5 Å². The first-order chi connectivity index (χ1) is 18.4. The maximum Gasteiger partial charge on any atom is 0.320 e. The molecule has 0 saturated carbocycles. The number of nitrogens with zero attached hydrogens (tertiary/aromatic N) is 4. The van der Waals surface area contributed by atoms with Crippen molar-refractivity contribution in [2.24, 2.45) is 10.3 Å². The van der Waals surface area contributed by atoms with E-state index in [0.717, 1.165) is 17.5 Å². The average molecular weight is 591 g/mol. The zero-order valence-electron chi connectivity index (χ0n) is 20.4. The van der Waals surface area contributed by atoms with Crippen molar-refractivity contribution in [3.8, 4) is 39.0 Å². The second kappa shape index (κ2) is 11.0. The molecule has 14 nitrogen and oxygen atoms in total. The van der Waals surface area contributed by atoms with E-state index in [4.69, 9.17) is 15.0 Å². The third kappa shape index (κ3) is 6.18. The number of nitrogens with one attached hydrogen (secondary N) is 2. The minimum Gasteiger partial charge on any atom is -0.481 e. The molecule has 6 N–H and O–H groups in total. The Morgan fingerprint density at radius 3 is 2.49 bits per heavy atom. The summed E-state index contributed by atoms with van der Waals surface area (Å²) in [7, 11) is -7.22. The Morgan fingerprint density at radius 2 is 1.82 bits per heavy atom. The molecule has 0 unspecified atom stereocenters. The number of carbonyl (C=O) groups excluding carboxylic acids is 1. The van der Waals surface area contributed by atoms with Gasteiger partial charge >= 0.3 is 6.03 Å². The van der Waals surface area contributed by atoms with E-state index in [1.165, 1.54) is 25.6 Å². The standard InChI is InChI=1S/C22H22N8O6S3/c1-3-26-22(31)30-20-19(39(24,34)35)18(14(10-27-20)12-7-13(9-25-8-12)38(23,32)33)21-29-16(11-37-21)15-5-4-6-17(28-15)36-2/h4-11H,3H2,1-2H3,(H2,23,32,33)(H2,24,34,35)(H2,26,27,30,31). The molecule has 4 heterocycles. The Bertz CT molecular complexity index is 1770. The average Bonchev–Trinajstić information content (AvgIpc) is 3.38. The number of primary sulfonamides is 2. The molecular weight excluding hydrogens is 568 g/mol. The second-order valence-corrected chi connectivity index (χ2v) is 11.7. The molecule has 0 aliphatic carbocycles. The fraction of sp³-hybridized carbons (Fsp3) is 0.136. The van der Waals surface area contributed by atoms with Crippen molar-refractivity contribution in [1.82, 2.24) is 25.3 Å². The van der Waals surface area contributed by atoms with Crippen LogP contribution in [0.2, 0.25) is 0 Å². The van der Waals surface area contributed by atoms with E-state index in [0.29, 0.717) is 17.3 Å². The number of methoxy groups -OCH3 is 1. The smallest absolute Gasteiger partial charge is 0.320 e. The van der Waals surface area contributed by atoms with Crippen molar-refractivity contribution in [2.45, 2.75) is 16.7 Å². The highest BCUT2D eigenvalue weighted by molar-refractivity contribution is 7.89. The lowest BCUT2D eigenvalue weighted by atomic mass is 10.0. The molecule has 4 aromatic rings. The van der Waals surface area contributed by atoms with Crippen LogP contribution in [0.3, 0.4) is 0 Å². The van der Waals surface area contributed by atoms with Crippen LogP contribution in [-0.2, 0) is 20.0 Å². The molecule has 0 aromatic carbocycles. The molecule has 0 bridgehead atoms. The highest BCUT2D eigenvalue weighted by Crippen LogP contribution is 2.42. The van der Waals surface area contributed by atoms with Crippen LogP contribution in [0.1, 0.15) is 6.92 Å². The summed E-state index contributed by atoms with van der Waals surface area (Å²) >= 11 is 1.07. The number of sulfonamides is 2. The summed E-state index contributed by atoms with van der Waals surface area (Å²) in [4.78, 5) is 28.4. The highest BCUT2D eigenvalue weighted by atomic mass is 32.2. The summed E-state index contributed by atoms with van der Waals surface area (Å²) in [5.41, 5.74) is 1.09. The summed E-state index contributed by atoms with van der Waals surface area (Å²) in [6.45, 7) is 1.94. The van der Waals surface area contributed by atoms with Crippen LogP contribution in [0.4, 0.5) is 10.6 Å². The van der Waals surface area contributed by atoms with Gasteiger partial charge < -0.3 is 10.1 Å². The lowest BCUT2D eigenvalue weighted by Crippen LogP contribution is -2.30. The molecule has 0 fully saturated rings. The fourth-order valence-electron chi connectivity index (χ4n) is 3.50. The zero-order valence-corrected chi connectivity index (χ0v) is 22.9. The van der Waals surface area contributed by atoms with E-state index >= 15 is 0 Å². The molecule has 0 radical (unpaired) electrons. The molecule has 0 aliphatic rings. The maximum atomic E-state index is 12.9. The largest absolute Gasteiger partial charge is 0.481 e. The molecule has 0 aliphatic heterocycles. The second-order valence-electron chi connectivity index (χ2n) is 7.81. The fourth-order valence-corrected chi connectivity index (χ4v) is 5.81. The van der Waals surface area contributed by atoms with Crippen LogP contribution in [-0.4, -0.2) is 56.5 Å². The Hall–Kier alpha value is -4.03. The number of urea groups is 1. The van der Waals surface area contributed by atoms with Crippen molar-refractivity contribution < 1.29 is 26.4 Å². The normalized spacial score (nSPS) is 11.7. The quantitative estimate of drug-likeness (QED) is 0.233. The number of amides is 2. The Morgan fingerprint density at radius 1 is 1.05 bits per heavy atom. The summed E-state index contributed by atoms with van der Waals surface area (Å²) in [5, 5.41) is 17.6. The third-order valence-corrected chi connectivity index (χ3v) is 7.86. The minimum absolute atomic E-state index is 0.0354. The van der Waals surface area contributed by atoms with Crippen LogP contribution >= 0.6 is 11.3 Å². The van der Waals surface area contributed by atoms with Gasteiger partial charge in [0.05, 0.1) is 12.8 Å². The van der Waals surface area contributed by atoms with Crippen molar-refractivity contribution in [3.63, 3.8) is 0 Å². The summed E-state index contributed by atoms with van der Waals surface area (Å²) in [5.74, 6) is -0.00908. The number of anilines is 1. The summed E-state index contributed by atoms with van der Waals surface area (Å²) < 4.78 is 55.0. The highest BCUT2D eigenvalue weighted by Gasteiger charge is 2.29. The van der Waals surface area contributed by atoms with Crippen LogP contribution in [0, 0.1) is 0 Å². The van der Waals surface area contributed by atoms with Crippen molar-refractivity contribution in [3.05, 3.63) is 48.2 Å². The maximum absolute atomic E-state index is 12.9. The van der Waals surface area contributed by atoms with Crippen LogP contribution in [0.15, 0.2) is 58.0 Å². The lowest BCUT2D eigenvalue weighted by Gasteiger charge is -2.16. The Kier molecular flexibility index (Phi) is 7.89. The molecule has 0 atom stereocenters. The molecule has 0 saturated heterocycles. The van der Waals surface area contributed by atoms with Gasteiger partial charge in [-0.2, -0.15) is 0 Å². The number of hydrogen-bond acceptors (Lipinski definition) is 11. The number of carbonyl (C=O) groups is 1. The minimum atomic E-state index is -4.55. The van der Waals surface area contributed by atoms with Crippen molar-refractivity contribution >= 4 is 43.2 Å². The number of aromatic nitrogens is 4. The monoisotopic (exact) mass is 590 g/mol. The first kappa shape index (κ1) is 28.0. The predicted molar refractivity (Wildman–Crippen MR) is 144 cm³/mol. The van der Waals surface area contributed by atoms with Gasteiger partial charge in [-0.1, -0.05) is 6.07 Å². The number of hydrogen-bond donors (Lipinski definition) is 4. The van der Waals surface area contributed by atoms with Crippen LogP contribution < -0.4 is 25.6 Å². The van der Waals surface area contributed by atoms with E-state index < -0.39 is 31.0 Å². The van der Waals surface area contributed by atoms with E-state index in [1.807, 2.05) is 0 Å². The van der Waals surface area contributed by atoms with Gasteiger partial charge in [-0.25, -0.2) is 46.9 Å².